The van der Waals surface area contributed by atoms with Crippen LogP contribution in [0.2, 0.25) is 0 Å². The van der Waals surface area contributed by atoms with Crippen molar-refractivity contribution < 1.29 is 0 Å². The molecule has 0 aliphatic carbocycles. The van der Waals surface area contributed by atoms with E-state index in [0.29, 0.717) is 0 Å². The Balaban J connectivity index is 4.06. The molecule has 0 bridgehead atoms. The molecule has 0 heterocycles. The van der Waals surface area contributed by atoms with Crippen LogP contribution in [0.5, 0.6) is 0 Å². The Hall–Kier alpha value is 0.170. The summed E-state index contributed by atoms with van der Waals surface area (Å²) in [5.74, 6) is 0. The zero-order valence-electron chi connectivity index (χ0n) is 16.1. The predicted octanol–water partition coefficient (Wildman–Crippen LogP) is 7.66. The van der Waals surface area contributed by atoms with E-state index in [1.165, 1.54) is 83.2 Å². The monoisotopic (exact) mass is 328 g/mol. The van der Waals surface area contributed by atoms with Crippen molar-refractivity contribution >= 4 is 7.26 Å². The van der Waals surface area contributed by atoms with Crippen LogP contribution in [-0.4, -0.2) is 24.6 Å². The summed E-state index contributed by atoms with van der Waals surface area (Å²) < 4.78 is 0. The van der Waals surface area contributed by atoms with Crippen LogP contribution in [0.15, 0.2) is 12.7 Å². The topological polar surface area (TPSA) is 0 Å². The Labute approximate surface area is 142 Å². The molecule has 0 nitrogen and oxygen atoms in total. The molecule has 22 heavy (non-hydrogen) atoms. The van der Waals surface area contributed by atoms with Gasteiger partial charge in [0.1, 0.15) is 0 Å². The zero-order valence-corrected chi connectivity index (χ0v) is 17.1. The van der Waals surface area contributed by atoms with E-state index in [9.17, 15) is 0 Å². The molecule has 1 heteroatoms. The first-order chi connectivity index (χ1) is 10.7. The fourth-order valence-electron chi connectivity index (χ4n) is 3.72. The summed E-state index contributed by atoms with van der Waals surface area (Å²) in [5, 5.41) is 0. The number of unbranched alkanes of at least 4 members (excludes halogenated alkanes) is 9. The molecule has 0 N–H and O–H groups in total. The summed E-state index contributed by atoms with van der Waals surface area (Å²) in [5.41, 5.74) is 0. The van der Waals surface area contributed by atoms with E-state index < -0.39 is 7.26 Å². The van der Waals surface area contributed by atoms with Gasteiger partial charge in [0.2, 0.25) is 0 Å². The van der Waals surface area contributed by atoms with Gasteiger partial charge < -0.3 is 0 Å². The first-order valence-electron chi connectivity index (χ1n) is 10.4. The summed E-state index contributed by atoms with van der Waals surface area (Å²) in [6.45, 7) is 11.1. The van der Waals surface area contributed by atoms with Gasteiger partial charge in [-0.2, -0.15) is 0 Å². The normalized spacial score (nSPS) is 12.5. The SMILES string of the molecule is C=CC[PH](CCCC)(CCCC)CCCCCCCCCC. The van der Waals surface area contributed by atoms with Gasteiger partial charge >= 0.3 is 142 Å². The molecule has 0 atom stereocenters. The molecule has 0 saturated carbocycles. The van der Waals surface area contributed by atoms with E-state index in [1.54, 1.807) is 18.5 Å². The maximum absolute atomic E-state index is 4.08. The number of hydrogen-bond acceptors (Lipinski definition) is 0. The van der Waals surface area contributed by atoms with E-state index in [0.717, 1.165) is 0 Å². The van der Waals surface area contributed by atoms with Crippen LogP contribution in [0.3, 0.4) is 0 Å². The second kappa shape index (κ2) is 16.0. The van der Waals surface area contributed by atoms with Crippen LogP contribution in [-0.2, 0) is 0 Å². The average molecular weight is 329 g/mol. The zero-order chi connectivity index (χ0) is 16.5. The van der Waals surface area contributed by atoms with Crippen molar-refractivity contribution in [3.63, 3.8) is 0 Å². The van der Waals surface area contributed by atoms with Crippen LogP contribution >= 0.6 is 7.26 Å². The van der Waals surface area contributed by atoms with Gasteiger partial charge in [-0.3, -0.25) is 0 Å². The van der Waals surface area contributed by atoms with Gasteiger partial charge in [-0.25, -0.2) is 0 Å². The quantitative estimate of drug-likeness (QED) is 0.146. The Morgan fingerprint density at radius 2 is 1.00 bits per heavy atom. The molecule has 0 radical (unpaired) electrons. The Morgan fingerprint density at radius 1 is 0.591 bits per heavy atom. The number of allylic oxidation sites excluding steroid dienone is 1. The summed E-state index contributed by atoms with van der Waals surface area (Å²) in [4.78, 5) is 0. The van der Waals surface area contributed by atoms with E-state index in [1.807, 2.05) is 0 Å². The van der Waals surface area contributed by atoms with Crippen LogP contribution in [0, 0.1) is 0 Å². The second-order valence-corrected chi connectivity index (χ2v) is 12.3. The molecule has 0 spiro atoms. The van der Waals surface area contributed by atoms with Crippen LogP contribution < -0.4 is 0 Å². The molecule has 134 valence electrons. The third kappa shape index (κ3) is 11.7. The summed E-state index contributed by atoms with van der Waals surface area (Å²) in [6.07, 6.45) is 25.6. The molecular formula is C21H45P. The molecule has 0 aromatic heterocycles. The van der Waals surface area contributed by atoms with Crippen molar-refractivity contribution in [1.82, 2.24) is 0 Å². The minimum absolute atomic E-state index is 1.04. The average Bonchev–Trinajstić information content (AvgIpc) is 2.53. The van der Waals surface area contributed by atoms with Gasteiger partial charge in [0.15, 0.2) is 0 Å². The second-order valence-electron chi connectivity index (χ2n) is 7.42. The third-order valence-corrected chi connectivity index (χ3v) is 10.7. The molecule has 0 aliphatic heterocycles. The van der Waals surface area contributed by atoms with Crippen molar-refractivity contribution in [2.75, 3.05) is 24.6 Å². The molecule has 0 rings (SSSR count). The van der Waals surface area contributed by atoms with E-state index in [2.05, 4.69) is 33.4 Å². The van der Waals surface area contributed by atoms with Crippen LogP contribution in [0.25, 0.3) is 0 Å². The summed E-state index contributed by atoms with van der Waals surface area (Å²) >= 11 is 0. The number of hydrogen-bond donors (Lipinski definition) is 0. The van der Waals surface area contributed by atoms with E-state index in [4.69, 9.17) is 0 Å². The van der Waals surface area contributed by atoms with Crippen molar-refractivity contribution in [1.29, 1.82) is 0 Å². The predicted molar refractivity (Wildman–Crippen MR) is 110 cm³/mol. The van der Waals surface area contributed by atoms with Gasteiger partial charge in [0, 0.05) is 0 Å². The van der Waals surface area contributed by atoms with E-state index in [-0.39, 0.29) is 0 Å². The standard InChI is InChI=1S/C21H45P/c1-5-9-12-13-14-15-16-17-21-22(18-8-4,19-10-6-2)20-11-7-3/h8,22H,4-7,9-21H2,1-3H3. The molecule has 0 amide bonds. The molecule has 0 aromatic carbocycles. The molecular weight excluding hydrogens is 283 g/mol. The fourth-order valence-corrected chi connectivity index (χ4v) is 8.91. The van der Waals surface area contributed by atoms with Crippen LogP contribution in [0.4, 0.5) is 0 Å². The fraction of sp³-hybridized carbons (Fsp3) is 0.905. The molecule has 0 unspecified atom stereocenters. The van der Waals surface area contributed by atoms with Gasteiger partial charge in [-0.15, -0.1) is 0 Å². The number of rotatable bonds is 17. The van der Waals surface area contributed by atoms with Crippen LogP contribution in [0.1, 0.15) is 97.8 Å². The molecule has 0 saturated heterocycles. The Kier molecular flexibility index (Phi) is 16.2. The Morgan fingerprint density at radius 3 is 1.45 bits per heavy atom. The van der Waals surface area contributed by atoms with E-state index >= 15 is 0 Å². The van der Waals surface area contributed by atoms with Crippen molar-refractivity contribution in [2.45, 2.75) is 97.8 Å². The van der Waals surface area contributed by atoms with Gasteiger partial charge in [0.25, 0.3) is 0 Å². The Bertz CT molecular complexity index is 226. The maximum atomic E-state index is 4.08. The first kappa shape index (κ1) is 22.2. The first-order valence-corrected chi connectivity index (χ1v) is 13.2. The summed E-state index contributed by atoms with van der Waals surface area (Å²) in [6, 6.07) is 0. The van der Waals surface area contributed by atoms with Crippen molar-refractivity contribution in [2.24, 2.45) is 0 Å². The van der Waals surface area contributed by atoms with Crippen molar-refractivity contribution in [3.8, 4) is 0 Å². The summed E-state index contributed by atoms with van der Waals surface area (Å²) in [7, 11) is -1.04. The van der Waals surface area contributed by atoms with Gasteiger partial charge in [-0.05, 0) is 0 Å². The third-order valence-electron chi connectivity index (χ3n) is 5.26. The molecule has 0 aliphatic rings. The minimum atomic E-state index is -1.04. The van der Waals surface area contributed by atoms with Gasteiger partial charge in [0.05, 0.1) is 0 Å². The molecule has 0 fully saturated rings. The van der Waals surface area contributed by atoms with Crippen molar-refractivity contribution in [3.05, 3.63) is 12.7 Å². The molecule has 0 aromatic rings. The van der Waals surface area contributed by atoms with Gasteiger partial charge in [-0.1, -0.05) is 0 Å².